The molecule has 0 amide bonds. The third kappa shape index (κ3) is 7.77. The lowest BCUT2D eigenvalue weighted by molar-refractivity contribution is -0.676. The largest absolute Gasteiger partial charge is 0.269 e. The van der Waals surface area contributed by atoms with Gasteiger partial charge in [-0.05, 0) is 74.7 Å². The SMILES string of the molecule is CN(N=Cc1cc[n+](C(Br)CCCC(Br)[n+]2ccc(C=NN(C)c3ccccc3)c3ccccc32)c2ccccc12)c1ccccc1. The first-order chi connectivity index (χ1) is 23.0. The number of hydrogen-bond donors (Lipinski definition) is 0. The van der Waals surface area contributed by atoms with Crippen molar-refractivity contribution in [1.29, 1.82) is 0 Å². The summed E-state index contributed by atoms with van der Waals surface area (Å²) in [6, 6.07) is 41.7. The van der Waals surface area contributed by atoms with Crippen LogP contribution in [-0.2, 0) is 0 Å². The first-order valence-electron chi connectivity index (χ1n) is 15.8. The van der Waals surface area contributed by atoms with E-state index in [1.54, 1.807) is 0 Å². The monoisotopic (exact) mass is 748 g/mol. The van der Waals surface area contributed by atoms with Gasteiger partial charge >= 0.3 is 0 Å². The highest BCUT2D eigenvalue weighted by molar-refractivity contribution is 9.09. The standard InChI is InChI=1S/C39H38Br2N6/c1-44(32-14-5-3-6-15-32)42-28-30-24-26-46(36-20-11-9-18-34(30)36)38(40)22-13-23-39(41)47-27-25-31(35-19-10-12-21-37(35)47)29-43-45(2)33-16-7-4-8-17-33/h3-12,14-21,24-29,38-39H,13,22-23H2,1-2H3/q+2. The van der Waals surface area contributed by atoms with Crippen molar-refractivity contribution in [3.63, 3.8) is 0 Å². The second kappa shape index (κ2) is 15.5. The Morgan fingerprint density at radius 1 is 0.553 bits per heavy atom. The number of anilines is 2. The molecule has 0 saturated heterocycles. The van der Waals surface area contributed by atoms with Crippen molar-refractivity contribution in [2.75, 3.05) is 24.1 Å². The van der Waals surface area contributed by atoms with E-state index in [9.17, 15) is 0 Å². The third-order valence-corrected chi connectivity index (χ3v) is 10.1. The summed E-state index contributed by atoms with van der Waals surface area (Å²) in [7, 11) is 3.94. The van der Waals surface area contributed by atoms with E-state index < -0.39 is 0 Å². The maximum absolute atomic E-state index is 4.72. The van der Waals surface area contributed by atoms with Crippen LogP contribution in [0.15, 0.2) is 144 Å². The number of alkyl halides is 2. The van der Waals surface area contributed by atoms with Gasteiger partial charge in [0.25, 0.3) is 0 Å². The van der Waals surface area contributed by atoms with Crippen molar-refractivity contribution in [2.45, 2.75) is 29.2 Å². The molecule has 8 heteroatoms. The molecule has 0 aliphatic rings. The quantitative estimate of drug-likeness (QED) is 0.0542. The van der Waals surface area contributed by atoms with Gasteiger partial charge in [0.05, 0.1) is 34.6 Å². The van der Waals surface area contributed by atoms with Crippen LogP contribution in [0.3, 0.4) is 0 Å². The lowest BCUT2D eigenvalue weighted by Crippen LogP contribution is -2.38. The van der Waals surface area contributed by atoms with Crippen molar-refractivity contribution in [1.82, 2.24) is 0 Å². The third-order valence-electron chi connectivity index (χ3n) is 8.30. The number of nitrogens with zero attached hydrogens (tertiary/aromatic N) is 6. The van der Waals surface area contributed by atoms with E-state index in [1.165, 1.54) is 21.8 Å². The minimum atomic E-state index is 0.159. The highest BCUT2D eigenvalue weighted by atomic mass is 79.9. The Morgan fingerprint density at radius 2 is 0.936 bits per heavy atom. The summed E-state index contributed by atoms with van der Waals surface area (Å²) in [6.07, 6.45) is 11.2. The molecule has 0 aliphatic heterocycles. The summed E-state index contributed by atoms with van der Waals surface area (Å²) in [5.41, 5.74) is 6.62. The molecule has 4 aromatic carbocycles. The fraction of sp³-hybridized carbons (Fsp3) is 0.179. The van der Waals surface area contributed by atoms with Crippen LogP contribution in [0.1, 0.15) is 40.3 Å². The molecule has 47 heavy (non-hydrogen) atoms. The lowest BCUT2D eigenvalue weighted by Gasteiger charge is -2.13. The van der Waals surface area contributed by atoms with Gasteiger partial charge in [-0.1, -0.05) is 60.7 Å². The van der Waals surface area contributed by atoms with Crippen LogP contribution in [-0.4, -0.2) is 26.5 Å². The molecule has 6 rings (SSSR count). The molecular formula is C39H38Br2N6+2. The number of rotatable bonds is 12. The van der Waals surface area contributed by atoms with E-state index >= 15 is 0 Å². The number of para-hydroxylation sites is 4. The smallest absolute Gasteiger partial charge is 0.214 e. The summed E-state index contributed by atoms with van der Waals surface area (Å²) in [5.74, 6) is 0. The van der Waals surface area contributed by atoms with Crippen LogP contribution in [0.5, 0.6) is 0 Å². The average Bonchev–Trinajstić information content (AvgIpc) is 3.13. The van der Waals surface area contributed by atoms with Crippen LogP contribution < -0.4 is 19.2 Å². The van der Waals surface area contributed by atoms with Crippen LogP contribution in [0.2, 0.25) is 0 Å². The van der Waals surface area contributed by atoms with Gasteiger partial charge in [0, 0.05) is 62.3 Å². The van der Waals surface area contributed by atoms with E-state index in [4.69, 9.17) is 10.2 Å². The molecule has 0 fully saturated rings. The second-order valence-electron chi connectivity index (χ2n) is 11.4. The first-order valence-corrected chi connectivity index (χ1v) is 17.6. The summed E-state index contributed by atoms with van der Waals surface area (Å²) >= 11 is 8.01. The van der Waals surface area contributed by atoms with Crippen molar-refractivity contribution in [3.05, 3.63) is 145 Å². The van der Waals surface area contributed by atoms with E-state index in [-0.39, 0.29) is 9.90 Å². The Balaban J connectivity index is 1.13. The topological polar surface area (TPSA) is 39.0 Å². The molecule has 236 valence electrons. The Hall–Kier alpha value is -4.40. The van der Waals surface area contributed by atoms with Crippen molar-refractivity contribution in [3.8, 4) is 0 Å². The first kappa shape index (κ1) is 32.5. The zero-order valence-electron chi connectivity index (χ0n) is 26.6. The van der Waals surface area contributed by atoms with Gasteiger partial charge in [0.15, 0.2) is 12.4 Å². The molecule has 0 radical (unpaired) electrons. The van der Waals surface area contributed by atoms with Crippen molar-refractivity contribution >= 4 is 77.5 Å². The lowest BCUT2D eigenvalue weighted by atomic mass is 10.1. The van der Waals surface area contributed by atoms with Crippen LogP contribution in [0.25, 0.3) is 21.8 Å². The summed E-state index contributed by atoms with van der Waals surface area (Å²) in [5, 5.41) is 15.6. The average molecular weight is 751 g/mol. The fourth-order valence-electron chi connectivity index (χ4n) is 5.71. The van der Waals surface area contributed by atoms with E-state index in [2.05, 4.69) is 138 Å². The Bertz CT molecular complexity index is 1850. The molecule has 0 N–H and O–H groups in total. The zero-order chi connectivity index (χ0) is 32.6. The number of hydrogen-bond acceptors (Lipinski definition) is 4. The van der Waals surface area contributed by atoms with Gasteiger partial charge in [0.2, 0.25) is 20.9 Å². The zero-order valence-corrected chi connectivity index (χ0v) is 29.7. The number of aromatic nitrogens is 2. The minimum Gasteiger partial charge on any atom is -0.269 e. The molecule has 0 saturated carbocycles. The maximum atomic E-state index is 4.72. The predicted octanol–water partition coefficient (Wildman–Crippen LogP) is 9.17. The highest BCUT2D eigenvalue weighted by Crippen LogP contribution is 2.26. The van der Waals surface area contributed by atoms with E-state index in [1.807, 2.05) is 72.9 Å². The predicted molar refractivity (Wildman–Crippen MR) is 203 cm³/mol. The number of pyridine rings is 2. The van der Waals surface area contributed by atoms with E-state index in [0.717, 1.165) is 41.8 Å². The Morgan fingerprint density at radius 3 is 1.36 bits per heavy atom. The summed E-state index contributed by atoms with van der Waals surface area (Å²) < 4.78 is 4.64. The molecule has 2 atom stereocenters. The number of fused-ring (bicyclic) bond motifs is 2. The van der Waals surface area contributed by atoms with Crippen LogP contribution in [0, 0.1) is 0 Å². The van der Waals surface area contributed by atoms with Gasteiger partial charge in [-0.3, -0.25) is 10.0 Å². The minimum absolute atomic E-state index is 0.159. The van der Waals surface area contributed by atoms with Gasteiger partial charge in [-0.15, -0.1) is 0 Å². The normalized spacial score (nSPS) is 13.0. The fourth-order valence-corrected chi connectivity index (χ4v) is 7.07. The van der Waals surface area contributed by atoms with Gasteiger partial charge in [-0.25, -0.2) is 0 Å². The molecule has 0 aliphatic carbocycles. The molecule has 0 spiro atoms. The van der Waals surface area contributed by atoms with Crippen LogP contribution in [0.4, 0.5) is 11.4 Å². The molecule has 2 heterocycles. The molecule has 6 nitrogen and oxygen atoms in total. The maximum Gasteiger partial charge on any atom is 0.214 e. The number of benzene rings is 4. The Labute approximate surface area is 293 Å². The summed E-state index contributed by atoms with van der Waals surface area (Å²) in [4.78, 5) is 0.319. The molecule has 2 unspecified atom stereocenters. The molecular weight excluding hydrogens is 712 g/mol. The summed E-state index contributed by atoms with van der Waals surface area (Å²) in [6.45, 7) is 0. The molecule has 0 bridgehead atoms. The highest BCUT2D eigenvalue weighted by Gasteiger charge is 2.23. The van der Waals surface area contributed by atoms with Crippen molar-refractivity contribution in [2.24, 2.45) is 10.2 Å². The van der Waals surface area contributed by atoms with Gasteiger partial charge in [0.1, 0.15) is 0 Å². The van der Waals surface area contributed by atoms with Crippen LogP contribution >= 0.6 is 31.9 Å². The van der Waals surface area contributed by atoms with Gasteiger partial charge < -0.3 is 0 Å². The number of halogens is 2. The van der Waals surface area contributed by atoms with Crippen molar-refractivity contribution < 1.29 is 9.13 Å². The second-order valence-corrected chi connectivity index (χ2v) is 13.5. The molecule has 2 aromatic heterocycles. The molecule has 6 aromatic rings. The number of hydrazone groups is 2. The van der Waals surface area contributed by atoms with E-state index in [0.29, 0.717) is 0 Å². The Kier molecular flexibility index (Phi) is 10.7. The van der Waals surface area contributed by atoms with Gasteiger partial charge in [-0.2, -0.15) is 19.3 Å².